The number of rotatable bonds is 2. The van der Waals surface area contributed by atoms with Crippen LogP contribution in [0.2, 0.25) is 0 Å². The van der Waals surface area contributed by atoms with Crippen LogP contribution in [-0.2, 0) is 12.9 Å². The summed E-state index contributed by atoms with van der Waals surface area (Å²) < 4.78 is 7.02. The van der Waals surface area contributed by atoms with Gasteiger partial charge in [-0.25, -0.2) is 4.98 Å². The van der Waals surface area contributed by atoms with Gasteiger partial charge in [0.2, 0.25) is 5.89 Å². The average Bonchev–Trinajstić information content (AvgIpc) is 2.71. The molecule has 0 amide bonds. The lowest BCUT2D eigenvalue weighted by Crippen LogP contribution is -1.86. The molecule has 0 N–H and O–H groups in total. The Hall–Kier alpha value is -1.29. The van der Waals surface area contributed by atoms with E-state index in [-0.39, 0.29) is 5.88 Å². The van der Waals surface area contributed by atoms with Crippen molar-refractivity contribution in [2.45, 2.75) is 5.88 Å². The number of aryl methyl sites for hydroxylation is 1. The Balaban J connectivity index is 2.35. The maximum absolute atomic E-state index is 5.55. The molecule has 13 heavy (non-hydrogen) atoms. The summed E-state index contributed by atoms with van der Waals surface area (Å²) in [5, 5.41) is 4.17. The topological polar surface area (TPSA) is 43.9 Å². The van der Waals surface area contributed by atoms with Crippen LogP contribution < -0.4 is 0 Å². The highest BCUT2D eigenvalue weighted by atomic mass is 35.5. The third kappa shape index (κ3) is 1.58. The van der Waals surface area contributed by atoms with E-state index in [1.807, 2.05) is 19.3 Å². The molecule has 0 fully saturated rings. The first-order chi connectivity index (χ1) is 6.29. The van der Waals surface area contributed by atoms with Crippen LogP contribution in [0.5, 0.6) is 0 Å². The van der Waals surface area contributed by atoms with Gasteiger partial charge in [-0.2, -0.15) is 5.10 Å². The molecule has 0 aliphatic rings. The number of nitrogens with zero attached hydrogens (tertiary/aromatic N) is 3. The third-order valence-corrected chi connectivity index (χ3v) is 1.86. The lowest BCUT2D eigenvalue weighted by Gasteiger charge is -1.87. The summed E-state index contributed by atoms with van der Waals surface area (Å²) in [6.07, 6.45) is 3.47. The molecule has 0 saturated carbocycles. The van der Waals surface area contributed by atoms with Crippen LogP contribution in [0.4, 0.5) is 0 Å². The molecular formula is C8H8ClN3O. The smallest absolute Gasteiger partial charge is 0.209 e. The van der Waals surface area contributed by atoms with Crippen molar-refractivity contribution in [2.75, 3.05) is 0 Å². The van der Waals surface area contributed by atoms with E-state index in [4.69, 9.17) is 16.0 Å². The summed E-state index contributed by atoms with van der Waals surface area (Å²) in [5.74, 6) is 1.45. The predicted octanol–water partition coefficient (Wildman–Crippen LogP) is 1.81. The fourth-order valence-electron chi connectivity index (χ4n) is 1.04. The van der Waals surface area contributed by atoms with Gasteiger partial charge in [0, 0.05) is 13.2 Å². The van der Waals surface area contributed by atoms with Crippen LogP contribution in [0.15, 0.2) is 22.9 Å². The van der Waals surface area contributed by atoms with Crippen LogP contribution in [0.3, 0.4) is 0 Å². The zero-order chi connectivity index (χ0) is 9.26. The normalized spacial score (nSPS) is 10.6. The number of alkyl halides is 1. The molecule has 5 heteroatoms. The molecule has 0 aliphatic carbocycles. The average molecular weight is 198 g/mol. The van der Waals surface area contributed by atoms with Crippen LogP contribution in [0, 0.1) is 0 Å². The van der Waals surface area contributed by atoms with Crippen LogP contribution in [-0.4, -0.2) is 14.8 Å². The first-order valence-electron chi connectivity index (χ1n) is 3.80. The van der Waals surface area contributed by atoms with E-state index in [0.717, 1.165) is 5.69 Å². The SMILES string of the molecule is Cn1ccc(-c2cnc(CCl)o2)n1. The molecule has 0 aromatic carbocycles. The van der Waals surface area contributed by atoms with Crippen molar-refractivity contribution in [1.82, 2.24) is 14.8 Å². The monoisotopic (exact) mass is 197 g/mol. The second-order valence-electron chi connectivity index (χ2n) is 2.63. The van der Waals surface area contributed by atoms with Crippen molar-refractivity contribution in [3.05, 3.63) is 24.4 Å². The van der Waals surface area contributed by atoms with E-state index in [0.29, 0.717) is 11.7 Å². The molecule has 2 rings (SSSR count). The fourth-order valence-corrected chi connectivity index (χ4v) is 1.16. The Bertz CT molecular complexity index is 407. The standard InChI is InChI=1S/C8H8ClN3O/c1-12-3-2-6(11-12)7-5-10-8(4-9)13-7/h2-3,5H,4H2,1H3. The molecular weight excluding hydrogens is 190 g/mol. The molecule has 2 aromatic heterocycles. The Kier molecular flexibility index (Phi) is 2.06. The number of hydrogen-bond donors (Lipinski definition) is 0. The van der Waals surface area contributed by atoms with Crippen molar-refractivity contribution in [3.63, 3.8) is 0 Å². The highest BCUT2D eigenvalue weighted by molar-refractivity contribution is 6.16. The summed E-state index contributed by atoms with van der Waals surface area (Å²) in [5.41, 5.74) is 0.770. The van der Waals surface area contributed by atoms with Gasteiger partial charge in [0.15, 0.2) is 5.76 Å². The van der Waals surface area contributed by atoms with Gasteiger partial charge in [-0.1, -0.05) is 0 Å². The van der Waals surface area contributed by atoms with Gasteiger partial charge in [0.25, 0.3) is 0 Å². The Morgan fingerprint density at radius 3 is 3.00 bits per heavy atom. The van der Waals surface area contributed by atoms with Gasteiger partial charge < -0.3 is 4.42 Å². The summed E-state index contributed by atoms with van der Waals surface area (Å²) in [4.78, 5) is 3.97. The zero-order valence-corrected chi connectivity index (χ0v) is 7.82. The molecule has 0 aliphatic heterocycles. The number of hydrogen-bond acceptors (Lipinski definition) is 3. The molecule has 0 saturated heterocycles. The van der Waals surface area contributed by atoms with Gasteiger partial charge in [0.1, 0.15) is 5.69 Å². The van der Waals surface area contributed by atoms with E-state index >= 15 is 0 Å². The molecule has 4 nitrogen and oxygen atoms in total. The highest BCUT2D eigenvalue weighted by Crippen LogP contribution is 2.18. The molecule has 2 heterocycles. The van der Waals surface area contributed by atoms with Crippen molar-refractivity contribution in [1.29, 1.82) is 0 Å². The molecule has 0 unspecified atom stereocenters. The number of oxazole rings is 1. The summed E-state index contributed by atoms with van der Waals surface area (Å²) in [6.45, 7) is 0. The predicted molar refractivity (Wildman–Crippen MR) is 48.3 cm³/mol. The number of aromatic nitrogens is 3. The summed E-state index contributed by atoms with van der Waals surface area (Å²) >= 11 is 5.55. The first kappa shape index (κ1) is 8.31. The van der Waals surface area contributed by atoms with Crippen molar-refractivity contribution >= 4 is 11.6 Å². The lowest BCUT2D eigenvalue weighted by atomic mass is 10.4. The van der Waals surface area contributed by atoms with Crippen molar-refractivity contribution in [2.24, 2.45) is 7.05 Å². The van der Waals surface area contributed by atoms with Crippen LogP contribution in [0.25, 0.3) is 11.5 Å². The van der Waals surface area contributed by atoms with Crippen LogP contribution >= 0.6 is 11.6 Å². The van der Waals surface area contributed by atoms with E-state index in [9.17, 15) is 0 Å². The maximum atomic E-state index is 5.55. The van der Waals surface area contributed by atoms with Gasteiger partial charge in [-0.3, -0.25) is 4.68 Å². The zero-order valence-electron chi connectivity index (χ0n) is 7.07. The molecule has 2 aromatic rings. The summed E-state index contributed by atoms with van der Waals surface area (Å²) in [6, 6.07) is 1.86. The Labute approximate surface area is 80.1 Å². The minimum Gasteiger partial charge on any atom is -0.438 e. The maximum Gasteiger partial charge on any atom is 0.209 e. The van der Waals surface area contributed by atoms with Crippen molar-refractivity contribution in [3.8, 4) is 11.5 Å². The van der Waals surface area contributed by atoms with Gasteiger partial charge >= 0.3 is 0 Å². The second-order valence-corrected chi connectivity index (χ2v) is 2.89. The molecule has 68 valence electrons. The molecule has 0 radical (unpaired) electrons. The van der Waals surface area contributed by atoms with Gasteiger partial charge in [-0.05, 0) is 6.07 Å². The summed E-state index contributed by atoms with van der Waals surface area (Å²) in [7, 11) is 1.85. The van der Waals surface area contributed by atoms with Crippen LogP contribution in [0.1, 0.15) is 5.89 Å². The quantitative estimate of drug-likeness (QED) is 0.690. The number of halogens is 1. The van der Waals surface area contributed by atoms with E-state index in [1.165, 1.54) is 0 Å². The fraction of sp³-hybridized carbons (Fsp3) is 0.250. The molecule has 0 spiro atoms. The Morgan fingerprint density at radius 2 is 2.46 bits per heavy atom. The third-order valence-electron chi connectivity index (χ3n) is 1.63. The second kappa shape index (κ2) is 3.22. The minimum absolute atomic E-state index is 0.285. The first-order valence-corrected chi connectivity index (χ1v) is 4.34. The van der Waals surface area contributed by atoms with Gasteiger partial charge in [0.05, 0.1) is 12.1 Å². The van der Waals surface area contributed by atoms with Crippen molar-refractivity contribution < 1.29 is 4.42 Å². The van der Waals surface area contributed by atoms with E-state index in [1.54, 1.807) is 10.9 Å². The van der Waals surface area contributed by atoms with Gasteiger partial charge in [-0.15, -0.1) is 11.6 Å². The highest BCUT2D eigenvalue weighted by Gasteiger charge is 2.07. The molecule has 0 bridgehead atoms. The van der Waals surface area contributed by atoms with E-state index < -0.39 is 0 Å². The Morgan fingerprint density at radius 1 is 1.62 bits per heavy atom. The lowest BCUT2D eigenvalue weighted by molar-refractivity contribution is 0.526. The minimum atomic E-state index is 0.285. The van der Waals surface area contributed by atoms with E-state index in [2.05, 4.69) is 10.1 Å². The largest absolute Gasteiger partial charge is 0.438 e. The molecule has 0 atom stereocenters.